The van der Waals surface area contributed by atoms with Crippen LogP contribution < -0.4 is 0 Å². The number of carbonyl (C=O) groups is 2. The van der Waals surface area contributed by atoms with Crippen molar-refractivity contribution in [2.24, 2.45) is 0 Å². The summed E-state index contributed by atoms with van der Waals surface area (Å²) in [5, 5.41) is 0. The van der Waals surface area contributed by atoms with Crippen LogP contribution in [0.15, 0.2) is 122 Å². The van der Waals surface area contributed by atoms with E-state index in [0.29, 0.717) is 13.0 Å². The van der Waals surface area contributed by atoms with Crippen LogP contribution in [-0.4, -0.2) is 37.9 Å². The van der Waals surface area contributed by atoms with Crippen molar-refractivity contribution in [1.82, 2.24) is 0 Å². The summed E-state index contributed by atoms with van der Waals surface area (Å²) >= 11 is 0. The average Bonchev–Trinajstić information content (AvgIpc) is 3.22. The number of esters is 2. The summed E-state index contributed by atoms with van der Waals surface area (Å²) in [6.07, 6.45) is 66.7. The van der Waals surface area contributed by atoms with Crippen LogP contribution in [0.5, 0.6) is 0 Å². The van der Waals surface area contributed by atoms with E-state index in [1.54, 1.807) is 0 Å². The Morgan fingerprint density at radius 2 is 0.828 bits per heavy atom. The topological polar surface area (TPSA) is 61.8 Å². The lowest BCUT2D eigenvalue weighted by atomic mass is 10.1. The van der Waals surface area contributed by atoms with Crippen LogP contribution in [0.25, 0.3) is 0 Å². The quantitative estimate of drug-likeness (QED) is 0.0351. The van der Waals surface area contributed by atoms with Gasteiger partial charge in [-0.3, -0.25) is 9.59 Å². The highest BCUT2D eigenvalue weighted by molar-refractivity contribution is 5.71. The first-order valence-corrected chi connectivity index (χ1v) is 23.1. The van der Waals surface area contributed by atoms with Gasteiger partial charge in [-0.15, -0.1) is 0 Å². The van der Waals surface area contributed by atoms with Crippen LogP contribution in [-0.2, 0) is 23.8 Å². The minimum atomic E-state index is -0.623. The van der Waals surface area contributed by atoms with Crippen LogP contribution in [0, 0.1) is 0 Å². The molecule has 0 aliphatic rings. The maximum atomic E-state index is 12.7. The molecular weight excluding hydrogens is 717 g/mol. The summed E-state index contributed by atoms with van der Waals surface area (Å²) in [6.45, 7) is 7.35. The van der Waals surface area contributed by atoms with Gasteiger partial charge in [0.05, 0.1) is 13.0 Å². The van der Waals surface area contributed by atoms with Gasteiger partial charge in [-0.1, -0.05) is 187 Å². The highest BCUT2D eigenvalue weighted by Crippen LogP contribution is 2.10. The molecule has 0 aromatic heterocycles. The predicted octanol–water partition coefficient (Wildman–Crippen LogP) is 15.4. The first-order valence-electron chi connectivity index (χ1n) is 23.1. The van der Waals surface area contributed by atoms with Gasteiger partial charge in [-0.25, -0.2) is 0 Å². The molecule has 5 nitrogen and oxygen atoms in total. The van der Waals surface area contributed by atoms with Crippen molar-refractivity contribution >= 4 is 11.9 Å². The zero-order valence-corrected chi connectivity index (χ0v) is 37.3. The average molecular weight is 801 g/mol. The third-order valence-electron chi connectivity index (χ3n) is 9.01. The second-order valence-electron chi connectivity index (χ2n) is 14.6. The molecule has 0 saturated carbocycles. The second-order valence-corrected chi connectivity index (χ2v) is 14.6. The number of rotatable bonds is 40. The van der Waals surface area contributed by atoms with E-state index in [2.05, 4.69) is 124 Å². The SMILES string of the molecule is CC/C=C\C/C=C\C/C=C\C/C=C\C/C=C\CC(=O)OCC(COCCCCCCCC/C=C\CCCCCC)OC(=O)CC/C=C\C/C=C\C/C=C\C/C=C\CC. The van der Waals surface area contributed by atoms with E-state index in [0.717, 1.165) is 70.6 Å². The normalized spacial score (nSPS) is 13.4. The Bertz CT molecular complexity index is 1220. The van der Waals surface area contributed by atoms with Gasteiger partial charge in [-0.05, 0) is 96.3 Å². The summed E-state index contributed by atoms with van der Waals surface area (Å²) in [5.74, 6) is -0.652. The Morgan fingerprint density at radius 3 is 1.33 bits per heavy atom. The fourth-order valence-corrected chi connectivity index (χ4v) is 5.65. The fourth-order valence-electron chi connectivity index (χ4n) is 5.65. The third kappa shape index (κ3) is 45.0. The molecular formula is C53H84O5. The lowest BCUT2D eigenvalue weighted by Gasteiger charge is -2.18. The number of hydrogen-bond donors (Lipinski definition) is 0. The van der Waals surface area contributed by atoms with Gasteiger partial charge >= 0.3 is 11.9 Å². The van der Waals surface area contributed by atoms with Crippen molar-refractivity contribution in [3.8, 4) is 0 Å². The smallest absolute Gasteiger partial charge is 0.309 e. The minimum absolute atomic E-state index is 0.00750. The van der Waals surface area contributed by atoms with E-state index in [4.69, 9.17) is 14.2 Å². The largest absolute Gasteiger partial charge is 0.461 e. The molecule has 0 saturated heterocycles. The van der Waals surface area contributed by atoms with E-state index in [-0.39, 0.29) is 38.0 Å². The number of ether oxygens (including phenoxy) is 3. The van der Waals surface area contributed by atoms with Crippen molar-refractivity contribution in [2.75, 3.05) is 19.8 Å². The molecule has 0 heterocycles. The summed E-state index contributed by atoms with van der Waals surface area (Å²) in [7, 11) is 0. The summed E-state index contributed by atoms with van der Waals surface area (Å²) < 4.78 is 17.1. The van der Waals surface area contributed by atoms with E-state index in [1.807, 2.05) is 18.2 Å². The Labute approximate surface area is 356 Å². The van der Waals surface area contributed by atoms with Gasteiger partial charge in [0.25, 0.3) is 0 Å². The van der Waals surface area contributed by atoms with Gasteiger partial charge in [0.2, 0.25) is 0 Å². The molecule has 1 unspecified atom stereocenters. The standard InChI is InChI=1S/C53H84O5/c1-4-7-10-13-16-19-22-25-27-29-31-34-37-40-43-46-52(54)57-50-51(49-56-48-45-42-39-36-33-30-26-23-20-17-14-11-8-5-2)58-53(55)47-44-41-38-35-32-28-24-21-18-15-12-9-6-3/h7,9-10,12,16,18-21,23,25,27-28,31-32,34,38,40-41,43,51H,4-6,8,11,13-15,17,22,24,26,29-30,33,35-37,39,42,44-50H2,1-3H3/b10-7-,12-9-,19-16-,21-18-,23-20-,27-25-,32-28-,34-31-,41-38-,43-40-. The number of allylic oxidation sites excluding steroid dienone is 19. The maximum absolute atomic E-state index is 12.7. The highest BCUT2D eigenvalue weighted by Gasteiger charge is 2.17. The Morgan fingerprint density at radius 1 is 0.414 bits per heavy atom. The minimum Gasteiger partial charge on any atom is -0.461 e. The zero-order chi connectivity index (χ0) is 42.1. The zero-order valence-electron chi connectivity index (χ0n) is 37.3. The van der Waals surface area contributed by atoms with Gasteiger partial charge in [-0.2, -0.15) is 0 Å². The number of carbonyl (C=O) groups excluding carboxylic acids is 2. The molecule has 0 amide bonds. The molecule has 5 heteroatoms. The van der Waals surface area contributed by atoms with Gasteiger partial charge < -0.3 is 14.2 Å². The van der Waals surface area contributed by atoms with Crippen molar-refractivity contribution in [3.63, 3.8) is 0 Å². The molecule has 0 aliphatic carbocycles. The van der Waals surface area contributed by atoms with Crippen molar-refractivity contribution in [1.29, 1.82) is 0 Å². The van der Waals surface area contributed by atoms with Crippen LogP contribution in [0.1, 0.15) is 175 Å². The summed E-state index contributed by atoms with van der Waals surface area (Å²) in [5.41, 5.74) is 0. The molecule has 1 atom stereocenters. The monoisotopic (exact) mass is 801 g/mol. The Kier molecular flexibility index (Phi) is 44.6. The van der Waals surface area contributed by atoms with Gasteiger partial charge in [0.1, 0.15) is 6.61 Å². The first kappa shape index (κ1) is 54.3. The molecule has 0 spiro atoms. The first-order chi connectivity index (χ1) is 28.6. The predicted molar refractivity (Wildman–Crippen MR) is 251 cm³/mol. The third-order valence-corrected chi connectivity index (χ3v) is 9.01. The molecule has 0 rings (SSSR count). The number of unbranched alkanes of at least 4 members (excludes halogenated alkanes) is 10. The van der Waals surface area contributed by atoms with Crippen molar-refractivity contribution in [3.05, 3.63) is 122 Å². The molecule has 0 aromatic rings. The number of hydrogen-bond acceptors (Lipinski definition) is 5. The Balaban J connectivity index is 4.53. The van der Waals surface area contributed by atoms with Crippen LogP contribution >= 0.6 is 0 Å². The molecule has 0 fully saturated rings. The molecule has 0 radical (unpaired) electrons. The molecule has 58 heavy (non-hydrogen) atoms. The second kappa shape index (κ2) is 47.7. The Hall–Kier alpha value is -3.70. The molecule has 326 valence electrons. The highest BCUT2D eigenvalue weighted by atomic mass is 16.6. The molecule has 0 bridgehead atoms. The summed E-state index contributed by atoms with van der Waals surface area (Å²) in [4.78, 5) is 25.2. The van der Waals surface area contributed by atoms with Crippen molar-refractivity contribution in [2.45, 2.75) is 181 Å². The summed E-state index contributed by atoms with van der Waals surface area (Å²) in [6, 6.07) is 0. The van der Waals surface area contributed by atoms with Crippen molar-refractivity contribution < 1.29 is 23.8 Å². The van der Waals surface area contributed by atoms with E-state index in [1.165, 1.54) is 64.2 Å². The van der Waals surface area contributed by atoms with E-state index in [9.17, 15) is 9.59 Å². The van der Waals surface area contributed by atoms with E-state index >= 15 is 0 Å². The lowest BCUT2D eigenvalue weighted by molar-refractivity contribution is -0.162. The van der Waals surface area contributed by atoms with E-state index < -0.39 is 6.10 Å². The van der Waals surface area contributed by atoms with Gasteiger partial charge in [0.15, 0.2) is 6.10 Å². The molecule has 0 aromatic carbocycles. The molecule has 0 aliphatic heterocycles. The van der Waals surface area contributed by atoms with Crippen LogP contribution in [0.3, 0.4) is 0 Å². The van der Waals surface area contributed by atoms with Gasteiger partial charge in [0, 0.05) is 13.0 Å². The lowest BCUT2D eigenvalue weighted by Crippen LogP contribution is -2.30. The molecule has 0 N–H and O–H groups in total. The van der Waals surface area contributed by atoms with Crippen LogP contribution in [0.2, 0.25) is 0 Å². The van der Waals surface area contributed by atoms with Crippen LogP contribution in [0.4, 0.5) is 0 Å². The maximum Gasteiger partial charge on any atom is 0.309 e. The fraction of sp³-hybridized carbons (Fsp3) is 0.585.